The Bertz CT molecular complexity index is 898. The summed E-state index contributed by atoms with van der Waals surface area (Å²) in [6.45, 7) is -1.20. The van der Waals surface area contributed by atoms with Crippen LogP contribution in [-0.4, -0.2) is 17.6 Å². The standard InChI is InChI=1S/C15H9Cl2F5N2O3/c1-4-9(18)11(20)5(12(21)10(4)19)2-26-6(25)3-27-15-8(17)13(23)7(16)14(22)24-15/h2-3H2,1H3,(H2,23,24). The highest BCUT2D eigenvalue weighted by molar-refractivity contribution is 6.39. The maximum absolute atomic E-state index is 13.7. The molecule has 0 radical (unpaired) electrons. The van der Waals surface area contributed by atoms with Crippen molar-refractivity contribution in [2.24, 2.45) is 0 Å². The lowest BCUT2D eigenvalue weighted by molar-refractivity contribution is -0.147. The van der Waals surface area contributed by atoms with Gasteiger partial charge >= 0.3 is 5.97 Å². The summed E-state index contributed by atoms with van der Waals surface area (Å²) in [4.78, 5) is 14.8. The molecule has 0 unspecified atom stereocenters. The maximum Gasteiger partial charge on any atom is 0.344 e. The van der Waals surface area contributed by atoms with Crippen LogP contribution in [0.25, 0.3) is 0 Å². The van der Waals surface area contributed by atoms with Gasteiger partial charge in [0.1, 0.15) is 16.7 Å². The van der Waals surface area contributed by atoms with E-state index in [1.54, 1.807) is 0 Å². The quantitative estimate of drug-likeness (QED) is 0.334. The smallest absolute Gasteiger partial charge is 0.344 e. The number of carbonyl (C=O) groups is 1. The lowest BCUT2D eigenvalue weighted by atomic mass is 10.1. The lowest BCUT2D eigenvalue weighted by Crippen LogP contribution is -2.17. The van der Waals surface area contributed by atoms with Crippen LogP contribution in [0.5, 0.6) is 5.88 Å². The number of benzene rings is 1. The van der Waals surface area contributed by atoms with Crippen LogP contribution in [0, 0.1) is 36.1 Å². The summed E-state index contributed by atoms with van der Waals surface area (Å²) >= 11 is 11.2. The molecule has 0 fully saturated rings. The van der Waals surface area contributed by atoms with Gasteiger partial charge in [0.05, 0.1) is 11.3 Å². The van der Waals surface area contributed by atoms with Crippen molar-refractivity contribution < 1.29 is 36.2 Å². The third-order valence-corrected chi connectivity index (χ3v) is 4.04. The van der Waals surface area contributed by atoms with E-state index in [0.717, 1.165) is 6.92 Å². The first kappa shape index (κ1) is 21.0. The number of nitrogen functional groups attached to an aromatic ring is 1. The van der Waals surface area contributed by atoms with Crippen LogP contribution in [0.1, 0.15) is 11.1 Å². The first-order valence-corrected chi connectivity index (χ1v) is 7.71. The molecule has 0 spiro atoms. The van der Waals surface area contributed by atoms with Gasteiger partial charge in [-0.1, -0.05) is 23.2 Å². The first-order chi connectivity index (χ1) is 12.6. The largest absolute Gasteiger partial charge is 0.464 e. The minimum atomic E-state index is -1.70. The van der Waals surface area contributed by atoms with Crippen molar-refractivity contribution in [1.82, 2.24) is 4.98 Å². The number of aromatic nitrogens is 1. The molecule has 0 aliphatic heterocycles. The number of nitrogens with two attached hydrogens (primary N) is 1. The average Bonchev–Trinajstić information content (AvgIpc) is 2.64. The number of nitrogens with zero attached hydrogens (tertiary/aromatic N) is 1. The van der Waals surface area contributed by atoms with Gasteiger partial charge in [-0.15, -0.1) is 0 Å². The van der Waals surface area contributed by atoms with E-state index >= 15 is 0 Å². The number of ether oxygens (including phenoxy) is 2. The Kier molecular flexibility index (Phi) is 6.32. The molecule has 0 aliphatic carbocycles. The van der Waals surface area contributed by atoms with Crippen molar-refractivity contribution >= 4 is 34.9 Å². The molecule has 0 atom stereocenters. The summed E-state index contributed by atoms with van der Waals surface area (Å²) in [6.07, 6.45) is 0. The molecule has 0 saturated carbocycles. The number of anilines is 1. The van der Waals surface area contributed by atoms with Crippen molar-refractivity contribution in [2.45, 2.75) is 13.5 Å². The molecule has 2 rings (SSSR count). The lowest BCUT2D eigenvalue weighted by Gasteiger charge is -2.12. The zero-order chi connectivity index (χ0) is 20.5. The predicted octanol–water partition coefficient (Wildman–Crippen LogP) is 4.10. The Morgan fingerprint density at radius 2 is 1.59 bits per heavy atom. The second-order valence-electron chi connectivity index (χ2n) is 5.06. The van der Waals surface area contributed by atoms with Crippen molar-refractivity contribution in [1.29, 1.82) is 0 Å². The number of rotatable bonds is 5. The van der Waals surface area contributed by atoms with Crippen LogP contribution in [0.2, 0.25) is 10.0 Å². The molecular weight excluding hydrogens is 422 g/mol. The SMILES string of the molecule is Cc1c(F)c(F)c(COC(=O)COc2nc(F)c(Cl)c(N)c2Cl)c(F)c1F. The Morgan fingerprint density at radius 3 is 2.15 bits per heavy atom. The van der Waals surface area contributed by atoms with E-state index in [2.05, 4.69) is 9.72 Å². The van der Waals surface area contributed by atoms with Gasteiger partial charge in [-0.05, 0) is 6.92 Å². The van der Waals surface area contributed by atoms with E-state index in [1.165, 1.54) is 0 Å². The Labute approximate surface area is 158 Å². The monoisotopic (exact) mass is 430 g/mol. The van der Waals surface area contributed by atoms with Crippen molar-refractivity contribution in [3.8, 4) is 5.88 Å². The molecule has 27 heavy (non-hydrogen) atoms. The van der Waals surface area contributed by atoms with Gasteiger partial charge in [0.2, 0.25) is 11.8 Å². The van der Waals surface area contributed by atoms with Crippen LogP contribution in [0.3, 0.4) is 0 Å². The topological polar surface area (TPSA) is 74.4 Å². The molecule has 0 amide bonds. The molecule has 12 heteroatoms. The molecule has 2 N–H and O–H groups in total. The first-order valence-electron chi connectivity index (χ1n) is 6.96. The van der Waals surface area contributed by atoms with Gasteiger partial charge in [-0.25, -0.2) is 22.4 Å². The van der Waals surface area contributed by atoms with Gasteiger partial charge < -0.3 is 15.2 Å². The van der Waals surface area contributed by atoms with Gasteiger partial charge in [-0.2, -0.15) is 9.37 Å². The van der Waals surface area contributed by atoms with Gasteiger partial charge in [-0.3, -0.25) is 0 Å². The molecule has 2 aromatic rings. The van der Waals surface area contributed by atoms with Crippen LogP contribution in [0.15, 0.2) is 0 Å². The molecule has 5 nitrogen and oxygen atoms in total. The predicted molar refractivity (Wildman–Crippen MR) is 84.9 cm³/mol. The number of esters is 1. The summed E-state index contributed by atoms with van der Waals surface area (Å²) in [6, 6.07) is 0. The van der Waals surface area contributed by atoms with Crippen molar-refractivity contribution in [3.63, 3.8) is 0 Å². The zero-order valence-electron chi connectivity index (χ0n) is 13.3. The summed E-state index contributed by atoms with van der Waals surface area (Å²) in [5.74, 6) is -9.63. The number of hydrogen-bond donors (Lipinski definition) is 1. The third-order valence-electron chi connectivity index (χ3n) is 3.32. The highest BCUT2D eigenvalue weighted by Gasteiger charge is 2.24. The van der Waals surface area contributed by atoms with E-state index in [-0.39, 0.29) is 10.7 Å². The molecule has 146 valence electrons. The van der Waals surface area contributed by atoms with Crippen LogP contribution < -0.4 is 10.5 Å². The van der Waals surface area contributed by atoms with E-state index < -0.39 is 70.4 Å². The van der Waals surface area contributed by atoms with E-state index in [1.807, 2.05) is 0 Å². The normalized spacial score (nSPS) is 10.8. The minimum absolute atomic E-state index is 0.381. The second-order valence-corrected chi connectivity index (χ2v) is 5.81. The number of hydrogen-bond acceptors (Lipinski definition) is 5. The number of halogens is 7. The zero-order valence-corrected chi connectivity index (χ0v) is 14.8. The minimum Gasteiger partial charge on any atom is -0.464 e. The summed E-state index contributed by atoms with van der Waals surface area (Å²) < 4.78 is 76.9. The van der Waals surface area contributed by atoms with Gasteiger partial charge in [0.25, 0.3) is 0 Å². The summed E-state index contributed by atoms with van der Waals surface area (Å²) in [7, 11) is 0. The Morgan fingerprint density at radius 1 is 1.04 bits per heavy atom. The average molecular weight is 431 g/mol. The second kappa shape index (κ2) is 8.13. The highest BCUT2D eigenvalue weighted by Crippen LogP contribution is 2.35. The van der Waals surface area contributed by atoms with Crippen LogP contribution in [0.4, 0.5) is 27.6 Å². The fourth-order valence-corrected chi connectivity index (χ4v) is 2.22. The van der Waals surface area contributed by atoms with Crippen molar-refractivity contribution in [2.75, 3.05) is 12.3 Å². The Balaban J connectivity index is 2.07. The molecule has 1 aromatic heterocycles. The molecular formula is C15H9Cl2F5N2O3. The van der Waals surface area contributed by atoms with E-state index in [4.69, 9.17) is 33.7 Å². The molecule has 1 heterocycles. The van der Waals surface area contributed by atoms with Crippen molar-refractivity contribution in [3.05, 3.63) is 50.4 Å². The van der Waals surface area contributed by atoms with E-state index in [9.17, 15) is 26.7 Å². The van der Waals surface area contributed by atoms with E-state index in [0.29, 0.717) is 0 Å². The summed E-state index contributed by atoms with van der Waals surface area (Å²) in [5, 5.41) is -0.932. The number of carbonyl (C=O) groups excluding carboxylic acids is 1. The number of pyridine rings is 1. The fraction of sp³-hybridized carbons (Fsp3) is 0.200. The maximum atomic E-state index is 13.7. The molecule has 0 aliphatic rings. The van der Waals surface area contributed by atoms with Crippen LogP contribution in [-0.2, 0) is 16.1 Å². The fourth-order valence-electron chi connectivity index (χ4n) is 1.84. The molecule has 0 saturated heterocycles. The molecule has 1 aromatic carbocycles. The third kappa shape index (κ3) is 4.16. The highest BCUT2D eigenvalue weighted by atomic mass is 35.5. The Hall–Kier alpha value is -2.33. The van der Waals surface area contributed by atoms with Crippen LogP contribution >= 0.6 is 23.2 Å². The molecule has 0 bridgehead atoms. The van der Waals surface area contributed by atoms with Gasteiger partial charge in [0.15, 0.2) is 29.9 Å². The summed E-state index contributed by atoms with van der Waals surface area (Å²) in [5.41, 5.74) is 3.04. The van der Waals surface area contributed by atoms with Gasteiger partial charge in [0, 0.05) is 5.56 Å².